The Morgan fingerprint density at radius 3 is 1.68 bits per heavy atom. The topological polar surface area (TPSA) is 0 Å². The van der Waals surface area contributed by atoms with E-state index in [1.165, 1.54) is 114 Å². The van der Waals surface area contributed by atoms with Crippen molar-refractivity contribution < 1.29 is 0 Å². The third-order valence-corrected chi connectivity index (χ3v) is 15.7. The minimum absolute atomic E-state index is 0.103. The standard InChI is InChI=1S/C61H48S/c1-60(2)54-32-38(19-27-48(54)49-29-23-44(36-56(49)60)42-25-31-59-53(34-42)52-16-10-11-17-58(52)62-59)18-26-47(45-21-20-40-14-8-9-15-41(40)33-45)46-24-30-51-50-28-22-43(39-12-6-5-7-13-39)35-55(50)61(3,4)57(51)37-46/h5-17,19-25,27-37,47H,18,26H2,1-4H3. The van der Waals surface area contributed by atoms with E-state index in [0.717, 1.165) is 12.8 Å². The molecule has 9 aromatic carbocycles. The Bertz CT molecular complexity index is 3410. The molecule has 0 bridgehead atoms. The van der Waals surface area contributed by atoms with Crippen molar-refractivity contribution >= 4 is 42.3 Å². The van der Waals surface area contributed by atoms with Crippen molar-refractivity contribution in [2.24, 2.45) is 0 Å². The van der Waals surface area contributed by atoms with E-state index < -0.39 is 0 Å². The Hall–Kier alpha value is -6.54. The van der Waals surface area contributed by atoms with Crippen LogP contribution in [0.15, 0.2) is 188 Å². The lowest BCUT2D eigenvalue weighted by Gasteiger charge is -2.25. The summed E-state index contributed by atoms with van der Waals surface area (Å²) in [5.41, 5.74) is 20.3. The summed E-state index contributed by atoms with van der Waals surface area (Å²) >= 11 is 1.88. The molecule has 62 heavy (non-hydrogen) atoms. The molecule has 0 amide bonds. The third kappa shape index (κ3) is 5.86. The van der Waals surface area contributed by atoms with Crippen LogP contribution in [0.1, 0.15) is 79.0 Å². The van der Waals surface area contributed by atoms with Crippen LogP contribution in [0, 0.1) is 0 Å². The van der Waals surface area contributed by atoms with E-state index in [1.807, 2.05) is 11.3 Å². The van der Waals surface area contributed by atoms with E-state index >= 15 is 0 Å². The third-order valence-electron chi connectivity index (χ3n) is 14.6. The smallest absolute Gasteiger partial charge is 0.0355 e. The largest absolute Gasteiger partial charge is 0.135 e. The number of hydrogen-bond donors (Lipinski definition) is 0. The van der Waals surface area contributed by atoms with Crippen LogP contribution in [-0.2, 0) is 17.3 Å². The van der Waals surface area contributed by atoms with Crippen LogP contribution in [0.5, 0.6) is 0 Å². The van der Waals surface area contributed by atoms with Crippen molar-refractivity contribution in [1.82, 2.24) is 0 Å². The second-order valence-electron chi connectivity index (χ2n) is 18.8. The molecule has 298 valence electrons. The van der Waals surface area contributed by atoms with Crippen molar-refractivity contribution in [2.75, 3.05) is 0 Å². The minimum atomic E-state index is -0.106. The van der Waals surface area contributed by atoms with E-state index in [1.54, 1.807) is 0 Å². The molecular formula is C61H48S. The molecule has 12 rings (SSSR count). The second-order valence-corrected chi connectivity index (χ2v) is 19.9. The van der Waals surface area contributed by atoms with Gasteiger partial charge in [-0.3, -0.25) is 0 Å². The highest BCUT2D eigenvalue weighted by molar-refractivity contribution is 7.25. The molecule has 10 aromatic rings. The van der Waals surface area contributed by atoms with E-state index in [2.05, 4.69) is 216 Å². The van der Waals surface area contributed by atoms with Crippen molar-refractivity contribution in [1.29, 1.82) is 0 Å². The Morgan fingerprint density at radius 1 is 0.387 bits per heavy atom. The van der Waals surface area contributed by atoms with E-state index in [0.29, 0.717) is 0 Å². The molecule has 1 atom stereocenters. The van der Waals surface area contributed by atoms with Gasteiger partial charge in [0.25, 0.3) is 0 Å². The highest BCUT2D eigenvalue weighted by atomic mass is 32.1. The van der Waals surface area contributed by atoms with Gasteiger partial charge in [0, 0.05) is 36.9 Å². The van der Waals surface area contributed by atoms with Gasteiger partial charge in [-0.25, -0.2) is 0 Å². The van der Waals surface area contributed by atoms with Gasteiger partial charge in [-0.05, 0) is 137 Å². The Labute approximate surface area is 369 Å². The number of thiophene rings is 1. The second kappa shape index (κ2) is 14.0. The van der Waals surface area contributed by atoms with Crippen LogP contribution < -0.4 is 0 Å². The van der Waals surface area contributed by atoms with Gasteiger partial charge in [-0.1, -0.05) is 185 Å². The Kier molecular flexibility index (Phi) is 8.41. The molecule has 0 saturated carbocycles. The summed E-state index contributed by atoms with van der Waals surface area (Å²) < 4.78 is 2.70. The summed E-state index contributed by atoms with van der Waals surface area (Å²) in [6.07, 6.45) is 2.02. The maximum Gasteiger partial charge on any atom is 0.0355 e. The van der Waals surface area contributed by atoms with Crippen LogP contribution in [0.4, 0.5) is 0 Å². The lowest BCUT2D eigenvalue weighted by molar-refractivity contribution is 0.652. The van der Waals surface area contributed by atoms with E-state index in [-0.39, 0.29) is 16.7 Å². The average molecular weight is 813 g/mol. The van der Waals surface area contributed by atoms with Crippen LogP contribution in [-0.4, -0.2) is 0 Å². The molecule has 0 N–H and O–H groups in total. The predicted molar refractivity (Wildman–Crippen MR) is 266 cm³/mol. The van der Waals surface area contributed by atoms with E-state index in [4.69, 9.17) is 0 Å². The number of fused-ring (bicyclic) bond motifs is 10. The van der Waals surface area contributed by atoms with Crippen LogP contribution >= 0.6 is 11.3 Å². The molecule has 0 fully saturated rings. The molecule has 0 spiro atoms. The molecule has 1 heteroatoms. The molecule has 0 nitrogen and oxygen atoms in total. The van der Waals surface area contributed by atoms with Gasteiger partial charge in [0.1, 0.15) is 0 Å². The zero-order valence-corrected chi connectivity index (χ0v) is 36.6. The first-order valence-corrected chi connectivity index (χ1v) is 23.1. The molecule has 2 aliphatic carbocycles. The fraction of sp³-hybridized carbons (Fsp3) is 0.148. The van der Waals surface area contributed by atoms with Crippen molar-refractivity contribution in [3.8, 4) is 44.5 Å². The summed E-state index contributed by atoms with van der Waals surface area (Å²) in [6.45, 7) is 9.68. The first-order valence-electron chi connectivity index (χ1n) is 22.2. The maximum absolute atomic E-state index is 2.55. The number of aryl methyl sites for hydroxylation is 1. The Balaban J connectivity index is 0.874. The number of hydrogen-bond acceptors (Lipinski definition) is 1. The van der Waals surface area contributed by atoms with Gasteiger partial charge >= 0.3 is 0 Å². The highest BCUT2D eigenvalue weighted by Crippen LogP contribution is 2.52. The van der Waals surface area contributed by atoms with E-state index in [9.17, 15) is 0 Å². The fourth-order valence-electron chi connectivity index (χ4n) is 11.1. The first kappa shape index (κ1) is 37.2. The van der Waals surface area contributed by atoms with Gasteiger partial charge in [-0.15, -0.1) is 11.3 Å². The monoisotopic (exact) mass is 812 g/mol. The minimum Gasteiger partial charge on any atom is -0.135 e. The summed E-state index contributed by atoms with van der Waals surface area (Å²) in [7, 11) is 0. The summed E-state index contributed by atoms with van der Waals surface area (Å²) in [5.74, 6) is 0.253. The molecular weight excluding hydrogens is 765 g/mol. The number of rotatable bonds is 7. The lowest BCUT2D eigenvalue weighted by Crippen LogP contribution is -2.16. The van der Waals surface area contributed by atoms with Crippen LogP contribution in [0.2, 0.25) is 0 Å². The summed E-state index contributed by atoms with van der Waals surface area (Å²) in [6, 6.07) is 71.5. The predicted octanol–water partition coefficient (Wildman–Crippen LogP) is 16.9. The first-order chi connectivity index (χ1) is 30.2. The molecule has 0 radical (unpaired) electrons. The van der Waals surface area contributed by atoms with Gasteiger partial charge in [-0.2, -0.15) is 0 Å². The van der Waals surface area contributed by atoms with Gasteiger partial charge in [0.15, 0.2) is 0 Å². The van der Waals surface area contributed by atoms with Crippen molar-refractivity contribution in [3.63, 3.8) is 0 Å². The maximum atomic E-state index is 2.55. The van der Waals surface area contributed by atoms with Crippen molar-refractivity contribution in [3.05, 3.63) is 227 Å². The Morgan fingerprint density at radius 2 is 0.919 bits per heavy atom. The normalized spacial score (nSPS) is 14.8. The number of benzene rings is 9. The fourth-order valence-corrected chi connectivity index (χ4v) is 12.2. The molecule has 1 aromatic heterocycles. The zero-order valence-electron chi connectivity index (χ0n) is 35.8. The summed E-state index contributed by atoms with van der Waals surface area (Å²) in [5, 5.41) is 5.29. The molecule has 0 aliphatic heterocycles. The van der Waals surface area contributed by atoms with Gasteiger partial charge in [0.05, 0.1) is 0 Å². The quantitative estimate of drug-likeness (QED) is 0.150. The zero-order chi connectivity index (χ0) is 41.7. The molecule has 0 saturated heterocycles. The van der Waals surface area contributed by atoms with Crippen LogP contribution in [0.3, 0.4) is 0 Å². The SMILES string of the molecule is CC1(C)c2cc(CCC(c3ccc4c(c3)C(C)(C)c3cc(-c5ccccc5)ccc3-4)c3ccc4ccccc4c3)ccc2-c2ccc(-c3ccc4sc5ccccc5c4c3)cc21. The van der Waals surface area contributed by atoms with Crippen LogP contribution in [0.25, 0.3) is 75.5 Å². The summed E-state index contributed by atoms with van der Waals surface area (Å²) in [4.78, 5) is 0. The molecule has 2 aliphatic rings. The van der Waals surface area contributed by atoms with Gasteiger partial charge < -0.3 is 0 Å². The molecule has 1 heterocycles. The lowest BCUT2D eigenvalue weighted by atomic mass is 9.78. The highest BCUT2D eigenvalue weighted by Gasteiger charge is 2.38. The molecule has 1 unspecified atom stereocenters. The van der Waals surface area contributed by atoms with Gasteiger partial charge in [0.2, 0.25) is 0 Å². The average Bonchev–Trinajstić information content (AvgIpc) is 3.87. The van der Waals surface area contributed by atoms with Crippen molar-refractivity contribution in [2.45, 2.75) is 57.3 Å².